The zero-order valence-corrected chi connectivity index (χ0v) is 26.7. The number of rotatable bonds is 8. The summed E-state index contributed by atoms with van der Waals surface area (Å²) in [6, 6.07) is 7.31. The van der Waals surface area contributed by atoms with E-state index < -0.39 is 5.91 Å². The number of primary amides is 1. The second-order valence-corrected chi connectivity index (χ2v) is 9.94. The molecular weight excluding hydrogens is 530 g/mol. The fourth-order valence-electron chi connectivity index (χ4n) is 4.52. The van der Waals surface area contributed by atoms with E-state index in [1.54, 1.807) is 13.2 Å². The van der Waals surface area contributed by atoms with E-state index in [0.29, 0.717) is 37.6 Å². The number of likely N-dealkylation sites (tertiary alicyclic amines) is 1. The lowest BCUT2D eigenvalue weighted by molar-refractivity contribution is -0.113. The summed E-state index contributed by atoms with van der Waals surface area (Å²) in [4.78, 5) is 26.9. The Bertz CT molecular complexity index is 1160. The molecule has 42 heavy (non-hydrogen) atoms. The monoisotopic (exact) mass is 581 g/mol. The first-order valence-corrected chi connectivity index (χ1v) is 14.8. The number of carbonyl (C=O) groups excluding carboxylic acids is 1. The van der Waals surface area contributed by atoms with Crippen LogP contribution in [0.5, 0.6) is 6.01 Å². The zero-order chi connectivity index (χ0) is 31.5. The van der Waals surface area contributed by atoms with E-state index in [1.165, 1.54) is 29.3 Å². The highest BCUT2D eigenvalue weighted by atomic mass is 16.5. The van der Waals surface area contributed by atoms with Crippen LogP contribution in [-0.2, 0) is 22.5 Å². The maximum Gasteiger partial charge on any atom is 0.318 e. The molecule has 3 heterocycles. The van der Waals surface area contributed by atoms with Crippen LogP contribution in [-0.4, -0.2) is 73.8 Å². The Labute approximate surface area is 252 Å². The van der Waals surface area contributed by atoms with Crippen LogP contribution in [0.15, 0.2) is 30.4 Å². The Kier molecular flexibility index (Phi) is 17.5. The van der Waals surface area contributed by atoms with Gasteiger partial charge < -0.3 is 35.6 Å². The zero-order valence-electron chi connectivity index (χ0n) is 26.7. The van der Waals surface area contributed by atoms with Crippen molar-refractivity contribution in [2.75, 3.05) is 57.6 Å². The molecule has 232 valence electrons. The molecule has 2 aliphatic rings. The predicted molar refractivity (Wildman–Crippen MR) is 172 cm³/mol. The Morgan fingerprint density at radius 2 is 1.98 bits per heavy atom. The minimum atomic E-state index is -0.443. The number of nitrogens with two attached hydrogens (primary N) is 2. The van der Waals surface area contributed by atoms with E-state index in [0.717, 1.165) is 50.2 Å². The summed E-state index contributed by atoms with van der Waals surface area (Å²) in [5.41, 5.74) is 16.9. The van der Waals surface area contributed by atoms with Crippen molar-refractivity contribution < 1.29 is 14.3 Å². The normalized spacial score (nSPS) is 15.7. The fourth-order valence-corrected chi connectivity index (χ4v) is 4.52. The molecule has 0 bridgehead atoms. The third-order valence-electron chi connectivity index (χ3n) is 6.95. The van der Waals surface area contributed by atoms with Crippen LogP contribution in [0.2, 0.25) is 0 Å². The van der Waals surface area contributed by atoms with Crippen LogP contribution in [0.4, 0.5) is 11.5 Å². The summed E-state index contributed by atoms with van der Waals surface area (Å²) in [6.45, 7) is 21.1. The maximum atomic E-state index is 9.95. The Balaban J connectivity index is 0.000000491. The van der Waals surface area contributed by atoms with Crippen LogP contribution < -0.4 is 21.1 Å². The number of anilines is 2. The minimum Gasteiger partial charge on any atom is -0.462 e. The number of aromatic nitrogens is 2. The number of hydrogen-bond acceptors (Lipinski definition) is 8. The molecular formula is C32H51N7O3. The van der Waals surface area contributed by atoms with E-state index in [9.17, 15) is 4.79 Å². The van der Waals surface area contributed by atoms with Crippen LogP contribution in [0.25, 0.3) is 4.85 Å². The van der Waals surface area contributed by atoms with Crippen molar-refractivity contribution in [3.63, 3.8) is 0 Å². The van der Waals surface area contributed by atoms with E-state index in [-0.39, 0.29) is 0 Å². The number of ether oxygens (including phenoxy) is 2. The summed E-state index contributed by atoms with van der Waals surface area (Å²) in [7, 11) is 3.69. The summed E-state index contributed by atoms with van der Waals surface area (Å²) in [6.07, 6.45) is 7.06. The van der Waals surface area contributed by atoms with Crippen molar-refractivity contribution in [1.29, 1.82) is 0 Å². The molecule has 0 aliphatic carbocycles. The molecule has 10 heteroatoms. The largest absolute Gasteiger partial charge is 0.462 e. The smallest absolute Gasteiger partial charge is 0.318 e. The molecule has 0 spiro atoms. The summed E-state index contributed by atoms with van der Waals surface area (Å²) in [5, 5.41) is 0. The number of carbonyl (C=O) groups is 1. The molecule has 1 fully saturated rings. The molecule has 4 rings (SSSR count). The Morgan fingerprint density at radius 1 is 1.24 bits per heavy atom. The molecule has 1 atom stereocenters. The molecule has 1 aromatic heterocycles. The van der Waals surface area contributed by atoms with Crippen molar-refractivity contribution in [2.45, 2.75) is 72.9 Å². The molecule has 2 aliphatic heterocycles. The quantitative estimate of drug-likeness (QED) is 0.339. The second-order valence-electron chi connectivity index (χ2n) is 9.94. The molecule has 2 aromatic rings. The number of methoxy groups -OCH3 is 1. The topological polar surface area (TPSA) is 124 Å². The third-order valence-corrected chi connectivity index (χ3v) is 6.95. The molecule has 10 nitrogen and oxygen atoms in total. The molecule has 0 saturated carbocycles. The van der Waals surface area contributed by atoms with Crippen molar-refractivity contribution in [3.05, 3.63) is 64.2 Å². The highest BCUT2D eigenvalue weighted by molar-refractivity contribution is 5.85. The van der Waals surface area contributed by atoms with Crippen molar-refractivity contribution in [2.24, 2.45) is 5.73 Å². The van der Waals surface area contributed by atoms with Crippen LogP contribution in [0, 0.1) is 20.4 Å². The number of hydrogen-bond donors (Lipinski definition) is 2. The number of nitrogens with zero attached hydrogens (tertiary/aromatic N) is 5. The first kappa shape index (κ1) is 36.3. The van der Waals surface area contributed by atoms with Crippen molar-refractivity contribution >= 4 is 17.4 Å². The maximum absolute atomic E-state index is 9.95. The van der Waals surface area contributed by atoms with Gasteiger partial charge in [0.2, 0.25) is 12.5 Å². The van der Waals surface area contributed by atoms with E-state index >= 15 is 0 Å². The number of likely N-dealkylation sites (N-methyl/N-ethyl adjacent to an activating group) is 1. The molecule has 0 radical (unpaired) electrons. The standard InChI is InChI=1S/C21H29N5O.C5H9NO2.C4H7N.C2H6/c1-14-6-4-8-19(15(14)2)26-11-9-17-18(12-26)23-21(24-20(17)22)27-13-16-7-5-10-25(16)3;1-8-4-2-3-5(6)7;1-3-4-5-2;1-2/h4,6,8,16H,5,7,9-13H2,1-3H3,(H2,22,23,24);2-3H,4H2,1H3,(H2,6,7);3-4H2,1H3;1-2H3/b;3-2+;;/t16-;;;/m0.../s1. The number of fused-ring (bicyclic) bond motifs is 1. The van der Waals surface area contributed by atoms with E-state index in [2.05, 4.69) is 63.5 Å². The first-order chi connectivity index (χ1) is 20.2. The lowest BCUT2D eigenvalue weighted by Crippen LogP contribution is -2.33. The summed E-state index contributed by atoms with van der Waals surface area (Å²) < 4.78 is 10.5. The van der Waals surface area contributed by atoms with Gasteiger partial charge in [-0.05, 0) is 63.9 Å². The van der Waals surface area contributed by atoms with Crippen LogP contribution >= 0.6 is 0 Å². The van der Waals surface area contributed by atoms with E-state index in [1.807, 2.05) is 20.8 Å². The van der Waals surface area contributed by atoms with Gasteiger partial charge in [-0.25, -0.2) is 6.57 Å². The number of aryl methyl sites for hydroxylation is 1. The van der Waals surface area contributed by atoms with Gasteiger partial charge in [-0.15, -0.1) is 0 Å². The van der Waals surface area contributed by atoms with Gasteiger partial charge in [-0.3, -0.25) is 4.79 Å². The van der Waals surface area contributed by atoms with Gasteiger partial charge in [0.1, 0.15) is 12.4 Å². The molecule has 1 saturated heterocycles. The number of benzene rings is 1. The molecule has 1 amide bonds. The highest BCUT2D eigenvalue weighted by Crippen LogP contribution is 2.30. The SMILES string of the molecule is CC.COC/C=C/C(N)=O.Cc1cccc(N2CCc3c(N)nc(OC[C@@H]4CCCN4C)nc3C2)c1C.[C-]#[N+]CCC. The summed E-state index contributed by atoms with van der Waals surface area (Å²) in [5.74, 6) is 0.123. The van der Waals surface area contributed by atoms with Gasteiger partial charge in [0.25, 0.3) is 0 Å². The lowest BCUT2D eigenvalue weighted by atomic mass is 10.0. The van der Waals surface area contributed by atoms with Gasteiger partial charge in [-0.2, -0.15) is 9.97 Å². The Morgan fingerprint density at radius 3 is 2.55 bits per heavy atom. The van der Waals surface area contributed by atoms with E-state index in [4.69, 9.17) is 27.8 Å². The van der Waals surface area contributed by atoms with Crippen molar-refractivity contribution in [1.82, 2.24) is 14.9 Å². The van der Waals surface area contributed by atoms with Gasteiger partial charge in [0, 0.05) is 43.4 Å². The lowest BCUT2D eigenvalue weighted by Gasteiger charge is -2.32. The average molecular weight is 582 g/mol. The van der Waals surface area contributed by atoms with Crippen molar-refractivity contribution in [3.8, 4) is 6.01 Å². The minimum absolute atomic E-state index is 0.411. The average Bonchev–Trinajstić information content (AvgIpc) is 3.39. The number of nitrogen functional groups attached to an aromatic ring is 1. The van der Waals surface area contributed by atoms with Crippen LogP contribution in [0.1, 0.15) is 62.4 Å². The van der Waals surface area contributed by atoms with Gasteiger partial charge >= 0.3 is 6.01 Å². The molecule has 1 aromatic carbocycles. The predicted octanol–water partition coefficient (Wildman–Crippen LogP) is 4.73. The first-order valence-electron chi connectivity index (χ1n) is 14.8. The fraction of sp³-hybridized carbons (Fsp3) is 0.562. The third kappa shape index (κ3) is 12.0. The summed E-state index contributed by atoms with van der Waals surface area (Å²) >= 11 is 0. The highest BCUT2D eigenvalue weighted by Gasteiger charge is 2.25. The molecule has 4 N–H and O–H groups in total. The van der Waals surface area contributed by atoms with Gasteiger partial charge in [-0.1, -0.05) is 39.0 Å². The van der Waals surface area contributed by atoms with Crippen LogP contribution in [0.3, 0.4) is 0 Å². The van der Waals surface area contributed by atoms with Gasteiger partial charge in [0.15, 0.2) is 0 Å². The molecule has 0 unspecified atom stereocenters. The Hall–Kier alpha value is -3.68. The number of amides is 1. The second kappa shape index (κ2) is 20.2. The van der Waals surface area contributed by atoms with Gasteiger partial charge in [0.05, 0.1) is 18.8 Å².